The number of hydrogen-bond acceptors (Lipinski definition) is 5. The van der Waals surface area contributed by atoms with E-state index in [1.54, 1.807) is 0 Å². The smallest absolute Gasteiger partial charge is 0.228 e. The standard InChI is InChI=1S/C16H18N4OS.ClH/c21-15(13-9-16(13)5-7-17-8-6-16)18-12-3-1-11(2-4-12)14-10-22-20-19-14;/h1-4,10,13,17H,5-9H2,(H,18,21);1H. The lowest BCUT2D eigenvalue weighted by molar-refractivity contribution is -0.118. The van der Waals surface area contributed by atoms with Crippen molar-refractivity contribution in [2.45, 2.75) is 19.3 Å². The number of carbonyl (C=O) groups is 1. The number of aromatic nitrogens is 2. The fraction of sp³-hybridized carbons (Fsp3) is 0.438. The first kappa shape index (κ1) is 16.4. The Labute approximate surface area is 145 Å². The SMILES string of the molecule is Cl.O=C(Nc1ccc(-c2csnn2)cc1)C1CC12CCNCC2. The van der Waals surface area contributed by atoms with Gasteiger partial charge in [-0.1, -0.05) is 16.6 Å². The number of piperidine rings is 1. The van der Waals surface area contributed by atoms with Crippen LogP contribution in [-0.4, -0.2) is 28.6 Å². The third kappa shape index (κ3) is 3.24. The van der Waals surface area contributed by atoms with Crippen LogP contribution in [0.2, 0.25) is 0 Å². The number of amides is 1. The summed E-state index contributed by atoms with van der Waals surface area (Å²) in [5.41, 5.74) is 3.03. The Kier molecular flexibility index (Phi) is 4.66. The predicted octanol–water partition coefficient (Wildman–Crippen LogP) is 2.96. The fourth-order valence-electron chi connectivity index (χ4n) is 3.44. The van der Waals surface area contributed by atoms with Crippen molar-refractivity contribution in [3.05, 3.63) is 29.6 Å². The number of anilines is 1. The van der Waals surface area contributed by atoms with E-state index >= 15 is 0 Å². The van der Waals surface area contributed by atoms with Crippen LogP contribution in [0, 0.1) is 11.3 Å². The van der Waals surface area contributed by atoms with Crippen LogP contribution in [-0.2, 0) is 4.79 Å². The van der Waals surface area contributed by atoms with Gasteiger partial charge in [0.15, 0.2) is 0 Å². The van der Waals surface area contributed by atoms with Crippen LogP contribution < -0.4 is 10.6 Å². The van der Waals surface area contributed by atoms with Crippen molar-refractivity contribution in [2.75, 3.05) is 18.4 Å². The number of nitrogens with zero attached hydrogens (tertiary/aromatic N) is 2. The van der Waals surface area contributed by atoms with E-state index in [2.05, 4.69) is 20.2 Å². The molecule has 1 atom stereocenters. The van der Waals surface area contributed by atoms with Crippen molar-refractivity contribution in [2.24, 2.45) is 11.3 Å². The maximum absolute atomic E-state index is 12.4. The molecular formula is C16H19ClN4OS. The first-order chi connectivity index (χ1) is 10.8. The van der Waals surface area contributed by atoms with Gasteiger partial charge < -0.3 is 10.6 Å². The lowest BCUT2D eigenvalue weighted by Crippen LogP contribution is -2.31. The summed E-state index contributed by atoms with van der Waals surface area (Å²) in [4.78, 5) is 12.4. The van der Waals surface area contributed by atoms with E-state index in [1.807, 2.05) is 29.6 Å². The Bertz CT molecular complexity index is 668. The van der Waals surface area contributed by atoms with Crippen LogP contribution in [0.1, 0.15) is 19.3 Å². The minimum absolute atomic E-state index is 0. The summed E-state index contributed by atoms with van der Waals surface area (Å²) in [5, 5.41) is 12.4. The maximum Gasteiger partial charge on any atom is 0.228 e. The number of halogens is 1. The third-order valence-corrected chi connectivity index (χ3v) is 5.42. The molecule has 2 N–H and O–H groups in total. The molecule has 0 bridgehead atoms. The number of hydrogen-bond donors (Lipinski definition) is 2. The first-order valence-corrected chi connectivity index (χ1v) is 8.50. The average molecular weight is 351 g/mol. The fourth-order valence-corrected chi connectivity index (χ4v) is 3.91. The van der Waals surface area contributed by atoms with Gasteiger partial charge in [-0.25, -0.2) is 0 Å². The molecule has 1 spiro atoms. The van der Waals surface area contributed by atoms with Crippen LogP contribution in [0.25, 0.3) is 11.3 Å². The summed E-state index contributed by atoms with van der Waals surface area (Å²) in [6, 6.07) is 7.81. The highest BCUT2D eigenvalue weighted by atomic mass is 35.5. The Morgan fingerprint density at radius 1 is 1.26 bits per heavy atom. The van der Waals surface area contributed by atoms with E-state index < -0.39 is 0 Å². The summed E-state index contributed by atoms with van der Waals surface area (Å²) in [5.74, 6) is 0.363. The summed E-state index contributed by atoms with van der Waals surface area (Å²) in [6.45, 7) is 2.08. The average Bonchev–Trinajstić information content (AvgIpc) is 3.00. The van der Waals surface area contributed by atoms with E-state index in [4.69, 9.17) is 0 Å². The van der Waals surface area contributed by atoms with E-state index in [1.165, 1.54) is 11.5 Å². The molecule has 122 valence electrons. The van der Waals surface area contributed by atoms with E-state index in [0.29, 0.717) is 0 Å². The highest BCUT2D eigenvalue weighted by Gasteiger charge is 2.57. The number of benzene rings is 1. The molecule has 1 aliphatic heterocycles. The summed E-state index contributed by atoms with van der Waals surface area (Å²) in [6.07, 6.45) is 3.30. The number of carbonyl (C=O) groups excluding carboxylic acids is 1. The van der Waals surface area contributed by atoms with Crippen LogP contribution in [0.4, 0.5) is 5.69 Å². The van der Waals surface area contributed by atoms with Crippen LogP contribution in [0.15, 0.2) is 29.6 Å². The molecular weight excluding hydrogens is 332 g/mol. The molecule has 5 nitrogen and oxygen atoms in total. The van der Waals surface area contributed by atoms with Gasteiger partial charge in [0, 0.05) is 22.5 Å². The Morgan fingerprint density at radius 3 is 2.65 bits per heavy atom. The summed E-state index contributed by atoms with van der Waals surface area (Å²) < 4.78 is 3.87. The highest BCUT2D eigenvalue weighted by Crippen LogP contribution is 2.58. The van der Waals surface area contributed by atoms with Crippen LogP contribution in [0.3, 0.4) is 0 Å². The summed E-state index contributed by atoms with van der Waals surface area (Å²) in [7, 11) is 0. The second-order valence-electron chi connectivity index (χ2n) is 6.23. The normalized spacial score (nSPS) is 21.5. The van der Waals surface area contributed by atoms with Gasteiger partial charge in [0.25, 0.3) is 0 Å². The molecule has 1 aliphatic carbocycles. The molecule has 1 saturated carbocycles. The van der Waals surface area contributed by atoms with Gasteiger partial charge in [-0.3, -0.25) is 4.79 Å². The Morgan fingerprint density at radius 2 is 2.00 bits per heavy atom. The predicted molar refractivity (Wildman–Crippen MR) is 93.9 cm³/mol. The van der Waals surface area contributed by atoms with Crippen molar-refractivity contribution in [1.82, 2.24) is 14.9 Å². The van der Waals surface area contributed by atoms with Crippen LogP contribution in [0.5, 0.6) is 0 Å². The zero-order chi connectivity index (χ0) is 15.0. The van der Waals surface area contributed by atoms with Crippen LogP contribution >= 0.6 is 23.9 Å². The van der Waals surface area contributed by atoms with Crippen molar-refractivity contribution in [1.29, 1.82) is 0 Å². The largest absolute Gasteiger partial charge is 0.326 e. The van der Waals surface area contributed by atoms with Gasteiger partial charge in [-0.15, -0.1) is 17.5 Å². The minimum atomic E-state index is 0. The number of rotatable bonds is 3. The third-order valence-electron chi connectivity index (χ3n) is 4.91. The molecule has 1 unspecified atom stereocenters. The lowest BCUT2D eigenvalue weighted by Gasteiger charge is -2.23. The molecule has 2 fully saturated rings. The van der Waals surface area contributed by atoms with Gasteiger partial charge in [-0.05, 0) is 61.4 Å². The van der Waals surface area contributed by atoms with E-state index in [-0.39, 0.29) is 29.6 Å². The van der Waals surface area contributed by atoms with Crippen molar-refractivity contribution < 1.29 is 4.79 Å². The topological polar surface area (TPSA) is 66.9 Å². The van der Waals surface area contributed by atoms with Crippen molar-refractivity contribution >= 4 is 35.5 Å². The molecule has 1 aromatic carbocycles. The van der Waals surface area contributed by atoms with Gasteiger partial charge >= 0.3 is 0 Å². The molecule has 1 amide bonds. The quantitative estimate of drug-likeness (QED) is 0.893. The molecule has 23 heavy (non-hydrogen) atoms. The zero-order valence-electron chi connectivity index (χ0n) is 12.6. The zero-order valence-corrected chi connectivity index (χ0v) is 14.3. The lowest BCUT2D eigenvalue weighted by atomic mass is 9.92. The van der Waals surface area contributed by atoms with Gasteiger partial charge in [0.1, 0.15) is 5.69 Å². The second-order valence-corrected chi connectivity index (χ2v) is 6.84. The molecule has 4 rings (SSSR count). The van der Waals surface area contributed by atoms with Gasteiger partial charge in [-0.2, -0.15) is 0 Å². The molecule has 2 aliphatic rings. The molecule has 2 aromatic rings. The summed E-state index contributed by atoms with van der Waals surface area (Å²) >= 11 is 1.34. The Balaban J connectivity index is 0.00000156. The molecule has 1 saturated heterocycles. The van der Waals surface area contributed by atoms with Gasteiger partial charge in [0.2, 0.25) is 5.91 Å². The van der Waals surface area contributed by atoms with E-state index in [9.17, 15) is 4.79 Å². The number of nitrogens with one attached hydrogen (secondary N) is 2. The van der Waals surface area contributed by atoms with Crippen molar-refractivity contribution in [3.63, 3.8) is 0 Å². The molecule has 0 radical (unpaired) electrons. The molecule has 1 aromatic heterocycles. The molecule has 2 heterocycles. The Hall–Kier alpha value is -1.50. The van der Waals surface area contributed by atoms with Gasteiger partial charge in [0.05, 0.1) is 0 Å². The second kappa shape index (κ2) is 6.55. The first-order valence-electron chi connectivity index (χ1n) is 7.66. The molecule has 7 heteroatoms. The maximum atomic E-state index is 12.4. The van der Waals surface area contributed by atoms with E-state index in [0.717, 1.165) is 49.3 Å². The van der Waals surface area contributed by atoms with Crippen molar-refractivity contribution in [3.8, 4) is 11.3 Å². The highest BCUT2D eigenvalue weighted by molar-refractivity contribution is 7.03. The monoisotopic (exact) mass is 350 g/mol. The minimum Gasteiger partial charge on any atom is -0.326 e.